The monoisotopic (exact) mass is 471 g/mol. The van der Waals surface area contributed by atoms with Crippen molar-refractivity contribution in [3.05, 3.63) is 0 Å². The minimum absolute atomic E-state index is 0.0746. The fourth-order valence-corrected chi connectivity index (χ4v) is 5.19. The predicted molar refractivity (Wildman–Crippen MR) is 124 cm³/mol. The van der Waals surface area contributed by atoms with Crippen LogP contribution in [0.3, 0.4) is 0 Å². The molecule has 2 saturated heterocycles. The van der Waals surface area contributed by atoms with Gasteiger partial charge in [-0.2, -0.15) is 0 Å². The van der Waals surface area contributed by atoms with Gasteiger partial charge in [-0.05, 0) is 66.5 Å². The number of esters is 1. The van der Waals surface area contributed by atoms with Gasteiger partial charge in [0.25, 0.3) is 0 Å². The van der Waals surface area contributed by atoms with E-state index in [2.05, 4.69) is 0 Å². The van der Waals surface area contributed by atoms with Gasteiger partial charge in [0.15, 0.2) is 6.29 Å². The Bertz CT molecular complexity index is 667. The fourth-order valence-electron chi connectivity index (χ4n) is 5.19. The minimum Gasteiger partial charge on any atom is -0.459 e. The lowest BCUT2D eigenvalue weighted by molar-refractivity contribution is -0.279. The molecule has 2 aliphatic rings. The molecule has 2 aliphatic heterocycles. The van der Waals surface area contributed by atoms with Gasteiger partial charge in [-0.25, -0.2) is 0 Å². The summed E-state index contributed by atoms with van der Waals surface area (Å²) in [6, 6.07) is -0.136. The largest absolute Gasteiger partial charge is 0.459 e. The average molecular weight is 472 g/mol. The summed E-state index contributed by atoms with van der Waals surface area (Å²) in [5, 5.41) is 21.9. The van der Waals surface area contributed by atoms with Crippen LogP contribution in [0.25, 0.3) is 0 Å². The van der Waals surface area contributed by atoms with Crippen LogP contribution in [0, 0.1) is 17.8 Å². The van der Waals surface area contributed by atoms with Crippen LogP contribution in [0.1, 0.15) is 73.6 Å². The topological polar surface area (TPSA) is 106 Å². The van der Waals surface area contributed by atoms with E-state index in [0.29, 0.717) is 19.3 Å². The molecule has 2 rings (SSSR count). The van der Waals surface area contributed by atoms with E-state index in [1.54, 1.807) is 13.8 Å². The molecular formula is C25H45NO7. The molecule has 0 amide bonds. The number of carbonyl (C=O) groups excluding carboxylic acids is 2. The van der Waals surface area contributed by atoms with E-state index in [4.69, 9.17) is 14.2 Å². The first kappa shape index (κ1) is 28.2. The molecular weight excluding hydrogens is 426 g/mol. The summed E-state index contributed by atoms with van der Waals surface area (Å²) in [7, 11) is 3.82. The molecule has 0 aromatic rings. The van der Waals surface area contributed by atoms with Crippen molar-refractivity contribution in [3.63, 3.8) is 0 Å². The number of carbonyl (C=O) groups is 2. The van der Waals surface area contributed by atoms with Crippen molar-refractivity contribution in [2.75, 3.05) is 14.1 Å². The van der Waals surface area contributed by atoms with Crippen molar-refractivity contribution in [1.29, 1.82) is 0 Å². The summed E-state index contributed by atoms with van der Waals surface area (Å²) in [4.78, 5) is 27.9. The van der Waals surface area contributed by atoms with Crippen LogP contribution >= 0.6 is 0 Å². The van der Waals surface area contributed by atoms with Gasteiger partial charge < -0.3 is 29.3 Å². The van der Waals surface area contributed by atoms with Gasteiger partial charge in [0.1, 0.15) is 18.0 Å². The summed E-state index contributed by atoms with van der Waals surface area (Å²) < 4.78 is 18.0. The van der Waals surface area contributed by atoms with Gasteiger partial charge >= 0.3 is 5.97 Å². The number of aliphatic hydroxyl groups excluding tert-OH is 1. The maximum absolute atomic E-state index is 13.2. The zero-order valence-corrected chi connectivity index (χ0v) is 21.6. The third-order valence-corrected chi connectivity index (χ3v) is 7.47. The number of nitrogens with zero attached hydrogens (tertiary/aromatic N) is 1. The number of ketones is 1. The Hall–Kier alpha value is -1.06. The Kier molecular flexibility index (Phi) is 9.89. The third kappa shape index (κ3) is 6.98. The molecule has 2 heterocycles. The van der Waals surface area contributed by atoms with Gasteiger partial charge in [0.05, 0.1) is 23.7 Å². The highest BCUT2D eigenvalue weighted by Gasteiger charge is 2.44. The van der Waals surface area contributed by atoms with Crippen LogP contribution in [0.2, 0.25) is 0 Å². The van der Waals surface area contributed by atoms with Crippen LogP contribution in [0.15, 0.2) is 0 Å². The van der Waals surface area contributed by atoms with E-state index >= 15 is 0 Å². The molecule has 0 unspecified atom stereocenters. The number of aliphatic hydroxyl groups is 2. The van der Waals surface area contributed by atoms with E-state index < -0.39 is 42.1 Å². The van der Waals surface area contributed by atoms with Crippen molar-refractivity contribution >= 4 is 11.8 Å². The quantitative estimate of drug-likeness (QED) is 0.603. The number of likely N-dealkylation sites (N-methyl/N-ethyl adjacent to an activating group) is 1. The molecule has 2 fully saturated rings. The lowest BCUT2D eigenvalue weighted by Crippen LogP contribution is -2.56. The normalized spacial score (nSPS) is 44.2. The highest BCUT2D eigenvalue weighted by atomic mass is 16.7. The maximum Gasteiger partial charge on any atom is 0.311 e. The number of rotatable bonds is 4. The van der Waals surface area contributed by atoms with E-state index in [1.165, 1.54) is 0 Å². The number of hydrogen-bond donors (Lipinski definition) is 2. The fraction of sp³-hybridized carbons (Fsp3) is 0.920. The molecule has 0 aliphatic carbocycles. The molecule has 33 heavy (non-hydrogen) atoms. The van der Waals surface area contributed by atoms with Crippen LogP contribution in [0.5, 0.6) is 0 Å². The third-order valence-electron chi connectivity index (χ3n) is 7.47. The molecule has 8 heteroatoms. The van der Waals surface area contributed by atoms with Gasteiger partial charge in [-0.15, -0.1) is 0 Å². The van der Waals surface area contributed by atoms with E-state index in [-0.39, 0.29) is 42.6 Å². The van der Waals surface area contributed by atoms with Crippen molar-refractivity contribution in [3.8, 4) is 0 Å². The number of ether oxygens (including phenoxy) is 3. The summed E-state index contributed by atoms with van der Waals surface area (Å²) in [6.07, 6.45) is -1.13. The Morgan fingerprint density at radius 1 is 1.15 bits per heavy atom. The van der Waals surface area contributed by atoms with Crippen LogP contribution < -0.4 is 0 Å². The minimum atomic E-state index is -1.29. The molecule has 0 aromatic heterocycles. The highest BCUT2D eigenvalue weighted by molar-refractivity contribution is 5.80. The predicted octanol–water partition coefficient (Wildman–Crippen LogP) is 2.53. The smallest absolute Gasteiger partial charge is 0.311 e. The lowest BCUT2D eigenvalue weighted by atomic mass is 9.82. The molecule has 0 spiro atoms. The molecule has 192 valence electrons. The number of cyclic esters (lactones) is 1. The molecule has 10 atom stereocenters. The molecule has 8 nitrogen and oxygen atoms in total. The van der Waals surface area contributed by atoms with Gasteiger partial charge in [0, 0.05) is 18.4 Å². The maximum atomic E-state index is 13.2. The number of Topliss-reactive ketones (excluding diaryl/α,β-unsaturated/α-hetero) is 1. The second kappa shape index (κ2) is 11.6. The Morgan fingerprint density at radius 3 is 2.36 bits per heavy atom. The number of hydrogen-bond acceptors (Lipinski definition) is 8. The molecule has 0 saturated carbocycles. The highest BCUT2D eigenvalue weighted by Crippen LogP contribution is 2.33. The molecule has 0 aromatic carbocycles. The lowest BCUT2D eigenvalue weighted by Gasteiger charge is -2.43. The Morgan fingerprint density at radius 2 is 1.79 bits per heavy atom. The zero-order chi connectivity index (χ0) is 25.1. The summed E-state index contributed by atoms with van der Waals surface area (Å²) >= 11 is 0. The SMILES string of the molecule is CC[C@H]1OC(=O)[C@H](C)[C@@H](O[C@@H]2O[C@H](C)C[C@H](N(C)C)[C@H]2O)[C@@H](C)C[C@@H](C)C(=O)CC[C@]1(C)O. The summed E-state index contributed by atoms with van der Waals surface area (Å²) in [5.74, 6) is -1.45. The van der Waals surface area contributed by atoms with Crippen molar-refractivity contribution in [1.82, 2.24) is 4.90 Å². The van der Waals surface area contributed by atoms with Crippen LogP contribution in [-0.2, 0) is 23.8 Å². The van der Waals surface area contributed by atoms with Gasteiger partial charge in [-0.1, -0.05) is 20.8 Å². The molecule has 0 bridgehead atoms. The zero-order valence-electron chi connectivity index (χ0n) is 21.6. The van der Waals surface area contributed by atoms with Crippen LogP contribution in [0.4, 0.5) is 0 Å². The first-order valence-corrected chi connectivity index (χ1v) is 12.4. The second-order valence-electron chi connectivity index (χ2n) is 10.7. The second-order valence-corrected chi connectivity index (χ2v) is 10.7. The van der Waals surface area contributed by atoms with Gasteiger partial charge in [0.2, 0.25) is 0 Å². The standard InChI is InChI=1S/C25H45NO7/c1-9-20-25(6,30)11-10-19(27)14(2)12-15(3)22(17(5)23(29)32-20)33-24-21(28)18(26(7)8)13-16(4)31-24/h14-18,20-22,24,28,30H,9-13H2,1-8H3/t14-,15+,16-,17-,18+,20-,21-,22+,24+,25+/m1/s1. The summed E-state index contributed by atoms with van der Waals surface area (Å²) in [5.41, 5.74) is -1.29. The van der Waals surface area contributed by atoms with Crippen molar-refractivity contribution in [2.24, 2.45) is 17.8 Å². The van der Waals surface area contributed by atoms with Crippen molar-refractivity contribution in [2.45, 2.75) is 116 Å². The summed E-state index contributed by atoms with van der Waals surface area (Å²) in [6.45, 7) is 11.0. The first-order chi connectivity index (χ1) is 15.3. The Balaban J connectivity index is 2.33. The average Bonchev–Trinajstić information content (AvgIpc) is 2.74. The Labute approximate surface area is 198 Å². The van der Waals surface area contributed by atoms with E-state index in [0.717, 1.165) is 0 Å². The first-order valence-electron chi connectivity index (χ1n) is 12.4. The van der Waals surface area contributed by atoms with Crippen molar-refractivity contribution < 1.29 is 34.0 Å². The molecule has 0 radical (unpaired) electrons. The molecule has 2 N–H and O–H groups in total. The van der Waals surface area contributed by atoms with Gasteiger partial charge in [-0.3, -0.25) is 9.59 Å². The van der Waals surface area contributed by atoms with Crippen LogP contribution in [-0.4, -0.2) is 83.3 Å². The van der Waals surface area contributed by atoms with E-state index in [1.807, 2.05) is 46.7 Å². The van der Waals surface area contributed by atoms with E-state index in [9.17, 15) is 19.8 Å².